The number of carboxylic acid groups (broad SMARTS) is 1. The maximum absolute atomic E-state index is 10.8. The number of hydrogen-bond acceptors (Lipinski definition) is 5. The molecule has 0 radical (unpaired) electrons. The largest absolute Gasteiger partial charge is 0.480 e. The lowest BCUT2D eigenvalue weighted by Gasteiger charge is -2.21. The van der Waals surface area contributed by atoms with Gasteiger partial charge >= 0.3 is 5.97 Å². The van der Waals surface area contributed by atoms with Crippen LogP contribution in [0.1, 0.15) is 24.3 Å². The Hall–Kier alpha value is -2.18. The Bertz CT molecular complexity index is 413. The first-order valence-corrected chi connectivity index (χ1v) is 4.48. The molecule has 7 heteroatoms. The van der Waals surface area contributed by atoms with Gasteiger partial charge in [0.05, 0.1) is 0 Å². The fourth-order valence-corrected chi connectivity index (χ4v) is 0.904. The Balaban J connectivity index is 2.84. The molecule has 0 aliphatic carbocycles. The van der Waals surface area contributed by atoms with Crippen molar-refractivity contribution in [2.24, 2.45) is 5.73 Å². The van der Waals surface area contributed by atoms with Gasteiger partial charge in [-0.2, -0.15) is 0 Å². The first kappa shape index (κ1) is 11.9. The highest BCUT2D eigenvalue weighted by molar-refractivity contribution is 5.90. The van der Waals surface area contributed by atoms with E-state index in [-0.39, 0.29) is 11.5 Å². The number of aromatic nitrogens is 2. The highest BCUT2D eigenvalue weighted by atomic mass is 16.4. The second kappa shape index (κ2) is 4.13. The third-order valence-electron chi connectivity index (χ3n) is 1.89. The van der Waals surface area contributed by atoms with E-state index in [0.717, 1.165) is 0 Å². The summed E-state index contributed by atoms with van der Waals surface area (Å²) in [7, 11) is 0. The van der Waals surface area contributed by atoms with Crippen molar-refractivity contribution in [1.29, 1.82) is 0 Å². The van der Waals surface area contributed by atoms with Crippen molar-refractivity contribution in [2.45, 2.75) is 19.4 Å². The number of primary amides is 1. The Morgan fingerprint density at radius 2 is 2.00 bits per heavy atom. The van der Waals surface area contributed by atoms with Crippen molar-refractivity contribution in [2.75, 3.05) is 5.32 Å². The van der Waals surface area contributed by atoms with E-state index in [1.165, 1.54) is 26.0 Å². The molecule has 4 N–H and O–H groups in total. The van der Waals surface area contributed by atoms with Gasteiger partial charge in [-0.3, -0.25) is 4.79 Å². The Labute approximate surface area is 91.7 Å². The summed E-state index contributed by atoms with van der Waals surface area (Å²) in [5, 5.41) is 18.7. The normalized spacial score (nSPS) is 10.9. The quantitative estimate of drug-likeness (QED) is 0.654. The molecule has 86 valence electrons. The third-order valence-corrected chi connectivity index (χ3v) is 1.89. The summed E-state index contributed by atoms with van der Waals surface area (Å²) in [6.45, 7) is 2.97. The molecular formula is C9H12N4O3. The van der Waals surface area contributed by atoms with E-state index in [0.29, 0.717) is 0 Å². The Morgan fingerprint density at radius 3 is 2.38 bits per heavy atom. The van der Waals surface area contributed by atoms with Crippen LogP contribution in [0.2, 0.25) is 0 Å². The van der Waals surface area contributed by atoms with Gasteiger partial charge in [0.15, 0.2) is 5.69 Å². The summed E-state index contributed by atoms with van der Waals surface area (Å²) >= 11 is 0. The fraction of sp³-hybridized carbons (Fsp3) is 0.333. The van der Waals surface area contributed by atoms with Crippen molar-refractivity contribution >= 4 is 17.7 Å². The standard InChI is InChI=1S/C9H12N4O3/c1-9(2,8(15)16)11-6-4-3-5(7(10)14)12-13-6/h3-4H,1-2H3,(H2,10,14)(H,11,13)(H,15,16). The number of aliphatic carboxylic acids is 1. The van der Waals surface area contributed by atoms with Crippen molar-refractivity contribution in [3.63, 3.8) is 0 Å². The molecule has 0 spiro atoms. The minimum atomic E-state index is -1.16. The van der Waals surface area contributed by atoms with Gasteiger partial charge in [-0.1, -0.05) is 0 Å². The Kier molecular flexibility index (Phi) is 3.07. The molecule has 0 aromatic carbocycles. The monoisotopic (exact) mass is 224 g/mol. The molecule has 1 aromatic rings. The second-order valence-electron chi connectivity index (χ2n) is 3.72. The molecule has 1 heterocycles. The Morgan fingerprint density at radius 1 is 1.38 bits per heavy atom. The molecule has 16 heavy (non-hydrogen) atoms. The van der Waals surface area contributed by atoms with E-state index < -0.39 is 17.4 Å². The average Bonchev–Trinajstić information content (AvgIpc) is 2.17. The smallest absolute Gasteiger partial charge is 0.328 e. The van der Waals surface area contributed by atoms with Crippen LogP contribution in [0.4, 0.5) is 5.82 Å². The van der Waals surface area contributed by atoms with Gasteiger partial charge in [-0.25, -0.2) is 4.79 Å². The molecule has 0 aliphatic rings. The van der Waals surface area contributed by atoms with Gasteiger partial charge in [-0.15, -0.1) is 10.2 Å². The minimum Gasteiger partial charge on any atom is -0.480 e. The van der Waals surface area contributed by atoms with Crippen LogP contribution >= 0.6 is 0 Å². The number of carbonyl (C=O) groups excluding carboxylic acids is 1. The molecule has 1 aromatic heterocycles. The molecule has 7 nitrogen and oxygen atoms in total. The third kappa shape index (κ3) is 2.66. The maximum Gasteiger partial charge on any atom is 0.328 e. The van der Waals surface area contributed by atoms with Crippen molar-refractivity contribution in [1.82, 2.24) is 10.2 Å². The van der Waals surface area contributed by atoms with E-state index in [4.69, 9.17) is 10.8 Å². The van der Waals surface area contributed by atoms with Crippen LogP contribution in [0, 0.1) is 0 Å². The molecule has 0 fully saturated rings. The summed E-state index contributed by atoms with van der Waals surface area (Å²) in [5.74, 6) is -1.44. The number of carbonyl (C=O) groups is 2. The van der Waals surface area contributed by atoms with Crippen LogP contribution in [0.5, 0.6) is 0 Å². The van der Waals surface area contributed by atoms with E-state index >= 15 is 0 Å². The van der Waals surface area contributed by atoms with Crippen LogP contribution in [0.25, 0.3) is 0 Å². The summed E-state index contributed by atoms with van der Waals surface area (Å²) in [5.41, 5.74) is 3.85. The van der Waals surface area contributed by atoms with Crippen LogP contribution in [-0.2, 0) is 4.79 Å². The van der Waals surface area contributed by atoms with Gasteiger partial charge in [0.2, 0.25) is 0 Å². The van der Waals surface area contributed by atoms with E-state index in [1.807, 2.05) is 0 Å². The molecule has 0 atom stereocenters. The van der Waals surface area contributed by atoms with E-state index in [2.05, 4.69) is 15.5 Å². The van der Waals surface area contributed by atoms with E-state index in [1.54, 1.807) is 0 Å². The van der Waals surface area contributed by atoms with Gasteiger partial charge in [0.1, 0.15) is 11.4 Å². The van der Waals surface area contributed by atoms with Crippen LogP contribution < -0.4 is 11.1 Å². The molecule has 1 amide bonds. The predicted molar refractivity (Wildman–Crippen MR) is 55.9 cm³/mol. The number of amides is 1. The lowest BCUT2D eigenvalue weighted by atomic mass is 10.1. The van der Waals surface area contributed by atoms with Gasteiger partial charge in [0, 0.05) is 0 Å². The van der Waals surface area contributed by atoms with Crippen LogP contribution in [-0.4, -0.2) is 32.7 Å². The molecular weight excluding hydrogens is 212 g/mol. The number of carboxylic acids is 1. The predicted octanol–water partition coefficient (Wildman–Crippen LogP) is -0.149. The topological polar surface area (TPSA) is 118 Å². The molecule has 0 aliphatic heterocycles. The minimum absolute atomic E-state index is 0.0266. The van der Waals surface area contributed by atoms with Crippen LogP contribution in [0.3, 0.4) is 0 Å². The van der Waals surface area contributed by atoms with Gasteiger partial charge in [-0.05, 0) is 26.0 Å². The number of nitrogens with one attached hydrogen (secondary N) is 1. The first-order chi connectivity index (χ1) is 7.33. The SMILES string of the molecule is CC(C)(Nc1ccc(C(N)=O)nn1)C(=O)O. The zero-order chi connectivity index (χ0) is 12.3. The van der Waals surface area contributed by atoms with Crippen LogP contribution in [0.15, 0.2) is 12.1 Å². The lowest BCUT2D eigenvalue weighted by Crippen LogP contribution is -2.40. The van der Waals surface area contributed by atoms with Crippen molar-refractivity contribution < 1.29 is 14.7 Å². The fourth-order valence-electron chi connectivity index (χ4n) is 0.904. The lowest BCUT2D eigenvalue weighted by molar-refractivity contribution is -0.141. The molecule has 0 saturated carbocycles. The zero-order valence-electron chi connectivity index (χ0n) is 8.89. The van der Waals surface area contributed by atoms with Crippen molar-refractivity contribution in [3.8, 4) is 0 Å². The first-order valence-electron chi connectivity index (χ1n) is 4.48. The number of rotatable bonds is 4. The molecule has 0 bridgehead atoms. The maximum atomic E-state index is 10.8. The molecule has 0 saturated heterocycles. The number of nitrogens with two attached hydrogens (primary N) is 1. The summed E-state index contributed by atoms with van der Waals surface area (Å²) in [6, 6.07) is 2.81. The molecule has 0 unspecified atom stereocenters. The summed E-state index contributed by atoms with van der Waals surface area (Å²) in [4.78, 5) is 21.5. The number of hydrogen-bond donors (Lipinski definition) is 3. The summed E-state index contributed by atoms with van der Waals surface area (Å²) < 4.78 is 0. The highest BCUT2D eigenvalue weighted by Gasteiger charge is 2.27. The highest BCUT2D eigenvalue weighted by Crippen LogP contribution is 2.11. The average molecular weight is 224 g/mol. The van der Waals surface area contributed by atoms with Gasteiger partial charge in [0.25, 0.3) is 5.91 Å². The number of anilines is 1. The van der Waals surface area contributed by atoms with Crippen molar-refractivity contribution in [3.05, 3.63) is 17.8 Å². The molecule has 1 rings (SSSR count). The van der Waals surface area contributed by atoms with Gasteiger partial charge < -0.3 is 16.2 Å². The zero-order valence-corrected chi connectivity index (χ0v) is 8.89. The number of nitrogens with zero attached hydrogens (tertiary/aromatic N) is 2. The summed E-state index contributed by atoms with van der Waals surface area (Å²) in [6.07, 6.45) is 0. The second-order valence-corrected chi connectivity index (χ2v) is 3.72. The van der Waals surface area contributed by atoms with E-state index in [9.17, 15) is 9.59 Å².